The molecule has 5 N–H and O–H groups in total. The average molecular weight is 2360 g/mol. The first-order chi connectivity index (χ1) is 64.4. The van der Waals surface area contributed by atoms with Gasteiger partial charge in [-0.05, 0) is 217 Å². The van der Waals surface area contributed by atoms with Crippen LogP contribution in [0.1, 0.15) is 119 Å². The molecule has 0 aliphatic carbocycles. The third-order valence-corrected chi connectivity index (χ3v) is 18.3. The Balaban J connectivity index is -0.00000155. The fourth-order valence-electron chi connectivity index (χ4n) is 12.9. The van der Waals surface area contributed by atoms with E-state index in [0.717, 1.165) is 124 Å². The second kappa shape index (κ2) is 70.1. The van der Waals surface area contributed by atoms with Gasteiger partial charge in [0.25, 0.3) is 0 Å². The average Bonchev–Trinajstić information content (AvgIpc) is 0.760. The minimum Gasteiger partial charge on any atom is -0.540 e. The maximum atomic E-state index is 10.0. The number of ketones is 5. The molecule has 5 aromatic heterocycles. The summed E-state index contributed by atoms with van der Waals surface area (Å²) < 4.78 is 53.0. The van der Waals surface area contributed by atoms with Crippen molar-refractivity contribution >= 4 is 28.9 Å². The van der Waals surface area contributed by atoms with Crippen LogP contribution in [0, 0.1) is 92.6 Å². The van der Waals surface area contributed by atoms with E-state index in [1.54, 1.807) is 108 Å². The van der Waals surface area contributed by atoms with Crippen LogP contribution in [0.4, 0.5) is 0 Å². The van der Waals surface area contributed by atoms with Gasteiger partial charge in [-0.2, -0.15) is 0 Å². The van der Waals surface area contributed by atoms with Crippen molar-refractivity contribution in [2.45, 2.75) is 132 Å². The molecule has 0 saturated heterocycles. The van der Waals surface area contributed by atoms with Crippen LogP contribution < -0.4 is 47.4 Å². The Hall–Kier alpha value is -12.5. The van der Waals surface area contributed by atoms with E-state index in [-0.39, 0.29) is 155 Å². The number of nitrogens with zero attached hydrogens (tertiary/aromatic N) is 5. The normalized spacial score (nSPS) is 10.2. The molecular weight excluding hydrogens is 2240 g/mol. The fourth-order valence-corrected chi connectivity index (χ4v) is 12.9. The molecule has 0 aliphatic rings. The number of ether oxygens (including phenoxy) is 10. The standard InChI is InChI=1S/2C22H22NO2.3C14H14NO2.5C5H8O2.5Rh/c1-14-10-15(2)22(16(3)11-14)17-8-9-23-20(12-17)19-7-6-18(24-4)13-21(19)25-5;1-14-10-15(2)22(16(3)11-14)17-6-7-19(21(12-17)25-5)20-13-18(24-4)8-9-23-20;1-10-8-11(16-2)4-5-13(10)14-9-12(17-3)6-7-15-14;1-10-6-7-15-13(8-10)12-5-4-11(16-2)9-14(12)17-3;1-10-4-5-12(14(8-10)17-3)13-9-11(16-2)6-7-15-13;5*1-4(6)3-5(2)7;;;;;/h2*6,8-13H,1-5H3;3*4,6-9H,1-3H3;5*3,6H,1-2H3;;;;;/q5*-1;;;;;;;;;;. The Bertz CT molecular complexity index is 5930. The van der Waals surface area contributed by atoms with Gasteiger partial charge in [0.05, 0.1) is 99.9 Å². The molecule has 0 bridgehead atoms. The minimum atomic E-state index is -0.125. The van der Waals surface area contributed by atoms with Crippen molar-refractivity contribution in [2.75, 3.05) is 71.1 Å². The topological polar surface area (TPSA) is 343 Å². The van der Waals surface area contributed by atoms with Gasteiger partial charge in [-0.15, -0.1) is 89.5 Å². The van der Waals surface area contributed by atoms with Crippen LogP contribution in [0.25, 0.3) is 78.5 Å². The van der Waals surface area contributed by atoms with Crippen LogP contribution in [0.3, 0.4) is 0 Å². The number of aliphatic hydroxyl groups excluding tert-OH is 5. The number of aromatic nitrogens is 5. The summed E-state index contributed by atoms with van der Waals surface area (Å²) >= 11 is 0. The fraction of sp³-hybridized carbons (Fsp3) is 0.261. The Kier molecular flexibility index (Phi) is 66.0. The smallest absolute Gasteiger partial charge is 0.155 e. The van der Waals surface area contributed by atoms with Crippen LogP contribution in [-0.2, 0) is 121 Å². The summed E-state index contributed by atoms with van der Waals surface area (Å²) in [4.78, 5) is 72.0. The van der Waals surface area contributed by atoms with Gasteiger partial charge < -0.3 is 97.8 Å². The number of allylic oxidation sites excluding steroid dienone is 10. The molecule has 5 radical (unpaired) electrons. The molecule has 141 heavy (non-hydrogen) atoms. The molecule has 12 rings (SSSR count). The van der Waals surface area contributed by atoms with Gasteiger partial charge in [-0.3, -0.25) is 24.0 Å². The monoisotopic (exact) mass is 2360 g/mol. The zero-order valence-corrected chi connectivity index (χ0v) is 93.1. The molecule has 0 saturated carbocycles. The number of aryl methyl sites for hydroxylation is 9. The van der Waals surface area contributed by atoms with E-state index in [2.05, 4.69) is 133 Å². The number of pyridine rings is 5. The zero-order valence-electron chi connectivity index (χ0n) is 84.9. The summed E-state index contributed by atoms with van der Waals surface area (Å²) in [6.07, 6.45) is 14.6. The van der Waals surface area contributed by atoms with Gasteiger partial charge in [-0.25, -0.2) is 0 Å². The number of aliphatic hydroxyl groups is 5. The summed E-state index contributed by atoms with van der Waals surface area (Å²) in [6.45, 7) is 33.1. The van der Waals surface area contributed by atoms with Gasteiger partial charge in [0.15, 0.2) is 28.9 Å². The van der Waals surface area contributed by atoms with E-state index in [4.69, 9.17) is 72.9 Å². The maximum Gasteiger partial charge on any atom is 0.155 e. The summed E-state index contributed by atoms with van der Waals surface area (Å²) in [5, 5.41) is 41.8. The summed E-state index contributed by atoms with van der Waals surface area (Å²) in [6, 6.07) is 63.1. The maximum absolute atomic E-state index is 10.0. The number of methoxy groups -OCH3 is 10. The number of rotatable bonds is 22. The largest absolute Gasteiger partial charge is 0.540 e. The van der Waals surface area contributed by atoms with E-state index >= 15 is 0 Å². The third kappa shape index (κ3) is 48.9. The molecule has 0 aliphatic heterocycles. The molecule has 0 atom stereocenters. The Labute approximate surface area is 895 Å². The van der Waals surface area contributed by atoms with Crippen LogP contribution >= 0.6 is 0 Å². The second-order valence-electron chi connectivity index (χ2n) is 30.4. The number of benzene rings is 7. The first-order valence-corrected chi connectivity index (χ1v) is 42.4. The molecule has 12 aromatic rings. The second-order valence-corrected chi connectivity index (χ2v) is 30.4. The third-order valence-electron chi connectivity index (χ3n) is 18.3. The first-order valence-electron chi connectivity index (χ1n) is 42.4. The van der Waals surface area contributed by atoms with Crippen molar-refractivity contribution in [3.8, 4) is 136 Å². The van der Waals surface area contributed by atoms with Crippen molar-refractivity contribution in [1.29, 1.82) is 0 Å². The van der Waals surface area contributed by atoms with Crippen molar-refractivity contribution in [3.05, 3.63) is 316 Å². The zero-order chi connectivity index (χ0) is 102. The summed E-state index contributed by atoms with van der Waals surface area (Å²) in [7, 11) is 16.4. The number of carbonyl (C=O) groups is 5. The summed E-state index contributed by atoms with van der Waals surface area (Å²) in [5.74, 6) is 7.16. The van der Waals surface area contributed by atoms with Crippen LogP contribution in [0.5, 0.6) is 57.5 Å². The van der Waals surface area contributed by atoms with Crippen LogP contribution in [0.15, 0.2) is 236 Å². The van der Waals surface area contributed by atoms with E-state index in [0.29, 0.717) is 17.2 Å². The van der Waals surface area contributed by atoms with E-state index < -0.39 is 0 Å². The number of carbonyl (C=O) groups excluding carboxylic acids is 5. The molecule has 0 amide bonds. The molecule has 765 valence electrons. The summed E-state index contributed by atoms with van der Waals surface area (Å²) in [5.41, 5.74) is 24.0. The Morgan fingerprint density at radius 2 is 0.496 bits per heavy atom. The van der Waals surface area contributed by atoms with Gasteiger partial charge in [0.2, 0.25) is 0 Å². The Morgan fingerprint density at radius 1 is 0.241 bits per heavy atom. The van der Waals surface area contributed by atoms with Crippen molar-refractivity contribution < 1.29 is 194 Å². The van der Waals surface area contributed by atoms with E-state index in [9.17, 15) is 24.0 Å². The predicted octanol–water partition coefficient (Wildman–Crippen LogP) is 24.1. The molecular formula is C111H126N5O20Rh5-5. The van der Waals surface area contributed by atoms with Crippen molar-refractivity contribution in [3.63, 3.8) is 0 Å². The molecule has 0 spiro atoms. The number of hydrogen-bond donors (Lipinski definition) is 5. The van der Waals surface area contributed by atoms with Gasteiger partial charge in [0, 0.05) is 199 Å². The minimum absolute atomic E-state index is 0. The first kappa shape index (κ1) is 133. The van der Waals surface area contributed by atoms with E-state index in [1.807, 2.05) is 124 Å². The van der Waals surface area contributed by atoms with Gasteiger partial charge >= 0.3 is 0 Å². The predicted molar refractivity (Wildman–Crippen MR) is 537 cm³/mol. The van der Waals surface area contributed by atoms with Crippen molar-refractivity contribution in [2.24, 2.45) is 0 Å². The Morgan fingerprint density at radius 3 is 0.787 bits per heavy atom. The van der Waals surface area contributed by atoms with Crippen molar-refractivity contribution in [1.82, 2.24) is 24.9 Å². The molecule has 30 heteroatoms. The van der Waals surface area contributed by atoms with Crippen LogP contribution in [-0.4, -0.2) is 150 Å². The quantitative estimate of drug-likeness (QED) is 0.0182. The molecule has 0 unspecified atom stereocenters. The molecule has 25 nitrogen and oxygen atoms in total. The SMILES string of the molecule is CC(=O)C=C(C)O.CC(=O)C=C(C)O.CC(=O)C=C(C)O.CC(=O)C=C(C)O.CC(=O)C=C(C)O.COc1c[c-]c(-c2cc(-c3c(C)cc(C)cc3C)ccn2)c(OC)c1.COc1c[c-]c(-c2cc(C)ccn2)c(OC)c1.COc1ccnc(-c2[c-]cc(-c3c(C)cc(C)cc3C)cc2OC)c1.COc1ccnc(-c2[c-]cc(C)cc2OC)c1.COc1ccnc(-c2[c-]cc(OC)cc2C)c1.[Rh].[Rh].[Rh].[Rh].[Rh]. The van der Waals surface area contributed by atoms with E-state index in [1.165, 1.54) is 144 Å². The van der Waals surface area contributed by atoms with Gasteiger partial charge in [-0.1, -0.05) is 130 Å². The molecule has 0 fully saturated rings. The van der Waals surface area contributed by atoms with Crippen LogP contribution in [0.2, 0.25) is 0 Å². The molecule has 7 aromatic carbocycles. The molecule has 5 heterocycles. The number of hydrogen-bond acceptors (Lipinski definition) is 25. The van der Waals surface area contributed by atoms with Gasteiger partial charge in [0.1, 0.15) is 17.2 Å².